The highest BCUT2D eigenvalue weighted by Crippen LogP contribution is 2.19. The van der Waals surface area contributed by atoms with Crippen LogP contribution in [0.3, 0.4) is 0 Å². The molecular weight excluding hydrogens is 322 g/mol. The number of hydrogen-bond donors (Lipinski definition) is 0. The van der Waals surface area contributed by atoms with Crippen LogP contribution in [0.1, 0.15) is 110 Å². The summed E-state index contributed by atoms with van der Waals surface area (Å²) >= 11 is 1.97. The molecule has 0 N–H and O–H groups in total. The normalized spacial score (nSPS) is 11.1. The highest BCUT2D eigenvalue weighted by molar-refractivity contribution is 7.99. The molecule has 1 rings (SSSR count). The lowest BCUT2D eigenvalue weighted by molar-refractivity contribution is 0.531. The van der Waals surface area contributed by atoms with Gasteiger partial charge in [-0.2, -0.15) is 0 Å². The maximum atomic E-state index is 4.06. The molecule has 1 nitrogen and oxygen atoms in total. The lowest BCUT2D eigenvalue weighted by Crippen LogP contribution is -1.85. The molecular formula is C23H41NS. The Labute approximate surface area is 161 Å². The molecule has 25 heavy (non-hydrogen) atoms. The summed E-state index contributed by atoms with van der Waals surface area (Å²) in [7, 11) is 0. The Balaban J connectivity index is 1.69. The molecule has 1 heterocycles. The van der Waals surface area contributed by atoms with E-state index in [4.69, 9.17) is 0 Å². The van der Waals surface area contributed by atoms with Crippen molar-refractivity contribution in [3.05, 3.63) is 24.5 Å². The van der Waals surface area contributed by atoms with Crippen molar-refractivity contribution in [1.29, 1.82) is 0 Å². The van der Waals surface area contributed by atoms with Crippen LogP contribution >= 0.6 is 11.8 Å². The molecule has 0 aliphatic carbocycles. The van der Waals surface area contributed by atoms with Gasteiger partial charge in [-0.25, -0.2) is 0 Å². The van der Waals surface area contributed by atoms with Crippen LogP contribution in [0, 0.1) is 0 Å². The molecule has 0 unspecified atom stereocenters. The third-order valence-corrected chi connectivity index (χ3v) is 6.01. The molecule has 1 aromatic rings. The third kappa shape index (κ3) is 15.5. The number of rotatable bonds is 18. The fourth-order valence-corrected chi connectivity index (χ4v) is 4.17. The van der Waals surface area contributed by atoms with E-state index in [0.717, 1.165) is 0 Å². The maximum absolute atomic E-state index is 4.06. The quantitative estimate of drug-likeness (QED) is 0.192. The van der Waals surface area contributed by atoms with Crippen molar-refractivity contribution >= 4 is 11.8 Å². The van der Waals surface area contributed by atoms with Crippen LogP contribution in [0.5, 0.6) is 0 Å². The smallest absolute Gasteiger partial charge is 0.0278 e. The van der Waals surface area contributed by atoms with E-state index in [9.17, 15) is 0 Å². The molecule has 0 fully saturated rings. The predicted octanol–water partition coefficient (Wildman–Crippen LogP) is 8.44. The Kier molecular flexibility index (Phi) is 16.5. The standard InChI is InChI=1S/C23H41NS/c1-2-3-4-5-6-7-8-9-10-11-12-13-14-15-16-17-22-25-23-18-20-24-21-19-23/h18-21H,2-17,22H2,1H3. The van der Waals surface area contributed by atoms with E-state index < -0.39 is 0 Å². The topological polar surface area (TPSA) is 12.9 Å². The monoisotopic (exact) mass is 363 g/mol. The van der Waals surface area contributed by atoms with Gasteiger partial charge in [0.2, 0.25) is 0 Å². The van der Waals surface area contributed by atoms with Gasteiger partial charge in [0.25, 0.3) is 0 Å². The van der Waals surface area contributed by atoms with Gasteiger partial charge >= 0.3 is 0 Å². The van der Waals surface area contributed by atoms with Crippen LogP contribution < -0.4 is 0 Å². The minimum atomic E-state index is 1.25. The van der Waals surface area contributed by atoms with E-state index in [1.165, 1.54) is 113 Å². The molecule has 0 bridgehead atoms. The lowest BCUT2D eigenvalue weighted by Gasteiger charge is -2.04. The van der Waals surface area contributed by atoms with Crippen molar-refractivity contribution in [2.24, 2.45) is 0 Å². The van der Waals surface area contributed by atoms with E-state index in [2.05, 4.69) is 24.0 Å². The summed E-state index contributed by atoms with van der Waals surface area (Å²) in [5, 5.41) is 0. The second-order valence-corrected chi connectivity index (χ2v) is 8.50. The summed E-state index contributed by atoms with van der Waals surface area (Å²) < 4.78 is 0. The lowest BCUT2D eigenvalue weighted by atomic mass is 10.0. The molecule has 0 aromatic carbocycles. The van der Waals surface area contributed by atoms with Gasteiger partial charge in [0.15, 0.2) is 0 Å². The zero-order valence-electron chi connectivity index (χ0n) is 16.7. The molecule has 144 valence electrons. The first kappa shape index (κ1) is 22.5. The first-order valence-electron chi connectivity index (χ1n) is 11.0. The molecule has 1 aromatic heterocycles. The van der Waals surface area contributed by atoms with Gasteiger partial charge in [-0.05, 0) is 24.3 Å². The Morgan fingerprint density at radius 2 is 1.00 bits per heavy atom. The minimum Gasteiger partial charge on any atom is -0.265 e. The Morgan fingerprint density at radius 3 is 1.44 bits per heavy atom. The summed E-state index contributed by atoms with van der Waals surface area (Å²) in [6, 6.07) is 4.22. The van der Waals surface area contributed by atoms with Gasteiger partial charge in [0.1, 0.15) is 0 Å². The SMILES string of the molecule is CCCCCCCCCCCCCCCCCCSc1ccncc1. The molecule has 0 amide bonds. The Morgan fingerprint density at radius 1 is 0.600 bits per heavy atom. The number of hydrogen-bond acceptors (Lipinski definition) is 2. The van der Waals surface area contributed by atoms with Gasteiger partial charge < -0.3 is 0 Å². The van der Waals surface area contributed by atoms with Gasteiger partial charge in [0.05, 0.1) is 0 Å². The highest BCUT2D eigenvalue weighted by Gasteiger charge is 1.96. The van der Waals surface area contributed by atoms with Gasteiger partial charge in [-0.3, -0.25) is 4.98 Å². The first-order valence-corrected chi connectivity index (χ1v) is 11.9. The largest absolute Gasteiger partial charge is 0.265 e. The summed E-state index contributed by atoms with van der Waals surface area (Å²) in [4.78, 5) is 5.42. The molecule has 2 heteroatoms. The second kappa shape index (κ2) is 18.3. The number of nitrogens with zero attached hydrogens (tertiary/aromatic N) is 1. The van der Waals surface area contributed by atoms with Crippen LogP contribution in [0.15, 0.2) is 29.4 Å². The number of thioether (sulfide) groups is 1. The van der Waals surface area contributed by atoms with Crippen molar-refractivity contribution in [2.75, 3.05) is 5.75 Å². The fraction of sp³-hybridized carbons (Fsp3) is 0.783. The predicted molar refractivity (Wildman–Crippen MR) is 115 cm³/mol. The van der Waals surface area contributed by atoms with E-state index >= 15 is 0 Å². The number of pyridine rings is 1. The van der Waals surface area contributed by atoms with E-state index in [1.807, 2.05) is 24.2 Å². The second-order valence-electron chi connectivity index (χ2n) is 7.33. The third-order valence-electron chi connectivity index (χ3n) is 4.92. The molecule has 0 saturated carbocycles. The summed E-state index contributed by atoms with van der Waals surface area (Å²) in [5.74, 6) is 1.25. The van der Waals surface area contributed by atoms with Crippen LogP contribution in [0.2, 0.25) is 0 Å². The molecule has 0 atom stereocenters. The van der Waals surface area contributed by atoms with Gasteiger partial charge in [0, 0.05) is 17.3 Å². The first-order chi connectivity index (χ1) is 12.4. The van der Waals surface area contributed by atoms with E-state index in [1.54, 1.807) is 0 Å². The molecule has 0 aliphatic heterocycles. The Bertz CT molecular complexity index is 366. The molecule has 0 radical (unpaired) electrons. The molecule has 0 aliphatic rings. The summed E-state index contributed by atoms with van der Waals surface area (Å²) in [6.45, 7) is 2.29. The summed E-state index contributed by atoms with van der Waals surface area (Å²) in [6.07, 6.45) is 26.9. The van der Waals surface area contributed by atoms with E-state index in [0.29, 0.717) is 0 Å². The molecule has 0 spiro atoms. The fourth-order valence-electron chi connectivity index (χ4n) is 3.27. The molecule has 0 saturated heterocycles. The Hall–Kier alpha value is -0.500. The number of aromatic nitrogens is 1. The van der Waals surface area contributed by atoms with Crippen molar-refractivity contribution in [1.82, 2.24) is 4.98 Å². The van der Waals surface area contributed by atoms with Gasteiger partial charge in [-0.1, -0.05) is 103 Å². The van der Waals surface area contributed by atoms with Crippen LogP contribution in [-0.2, 0) is 0 Å². The maximum Gasteiger partial charge on any atom is 0.0278 e. The van der Waals surface area contributed by atoms with Crippen LogP contribution in [-0.4, -0.2) is 10.7 Å². The van der Waals surface area contributed by atoms with Crippen LogP contribution in [0.25, 0.3) is 0 Å². The van der Waals surface area contributed by atoms with Gasteiger partial charge in [-0.15, -0.1) is 11.8 Å². The van der Waals surface area contributed by atoms with Crippen molar-refractivity contribution in [3.63, 3.8) is 0 Å². The van der Waals surface area contributed by atoms with Crippen molar-refractivity contribution < 1.29 is 0 Å². The van der Waals surface area contributed by atoms with Crippen molar-refractivity contribution in [3.8, 4) is 0 Å². The zero-order chi connectivity index (χ0) is 17.8. The van der Waals surface area contributed by atoms with Crippen LogP contribution in [0.4, 0.5) is 0 Å². The minimum absolute atomic E-state index is 1.25. The van der Waals surface area contributed by atoms with E-state index in [-0.39, 0.29) is 0 Å². The average Bonchev–Trinajstić information content (AvgIpc) is 2.65. The average molecular weight is 364 g/mol. The summed E-state index contributed by atoms with van der Waals surface area (Å²) in [5.41, 5.74) is 0. The zero-order valence-corrected chi connectivity index (χ0v) is 17.5. The van der Waals surface area contributed by atoms with Crippen molar-refractivity contribution in [2.45, 2.75) is 115 Å². The highest BCUT2D eigenvalue weighted by atomic mass is 32.2. The number of unbranched alkanes of at least 4 members (excludes halogenated alkanes) is 15.